The van der Waals surface area contributed by atoms with E-state index in [1.807, 2.05) is 18.2 Å². The molecule has 0 spiro atoms. The highest BCUT2D eigenvalue weighted by Crippen LogP contribution is 2.28. The molecule has 1 aromatic carbocycles. The lowest BCUT2D eigenvalue weighted by Gasteiger charge is -2.33. The molecule has 0 bridgehead atoms. The van der Waals surface area contributed by atoms with Crippen molar-refractivity contribution in [3.8, 4) is 0 Å². The van der Waals surface area contributed by atoms with E-state index in [1.54, 1.807) is 11.0 Å². The fourth-order valence-electron chi connectivity index (χ4n) is 2.06. The molecule has 1 saturated heterocycles. The first-order chi connectivity index (χ1) is 8.74. The van der Waals surface area contributed by atoms with Crippen molar-refractivity contribution in [3.05, 3.63) is 29.3 Å². The van der Waals surface area contributed by atoms with E-state index < -0.39 is 6.10 Å². The summed E-state index contributed by atoms with van der Waals surface area (Å²) in [7, 11) is 0. The predicted molar refractivity (Wildman–Crippen MR) is 71.8 cm³/mol. The summed E-state index contributed by atoms with van der Waals surface area (Å²) in [6, 6.07) is 7.36. The largest absolute Gasteiger partial charge is 0.367 e. The van der Waals surface area contributed by atoms with E-state index in [9.17, 15) is 4.79 Å². The van der Waals surface area contributed by atoms with Crippen LogP contribution in [-0.4, -0.2) is 31.7 Å². The third-order valence-electron chi connectivity index (χ3n) is 2.99. The second-order valence-corrected chi connectivity index (χ2v) is 4.64. The van der Waals surface area contributed by atoms with E-state index in [4.69, 9.17) is 22.1 Å². The van der Waals surface area contributed by atoms with Gasteiger partial charge in [0.25, 0.3) is 5.91 Å². The van der Waals surface area contributed by atoms with Gasteiger partial charge in [-0.2, -0.15) is 0 Å². The number of anilines is 1. The number of hydrogen-bond donors (Lipinski definition) is 1. The highest BCUT2D eigenvalue weighted by atomic mass is 35.5. The molecule has 1 aliphatic heterocycles. The molecule has 0 aliphatic carbocycles. The zero-order valence-electron chi connectivity index (χ0n) is 10.1. The number of nitrogens with two attached hydrogens (primary N) is 1. The molecular weight excluding hydrogens is 252 g/mol. The fraction of sp³-hybridized carbons (Fsp3) is 0.462. The van der Waals surface area contributed by atoms with E-state index in [2.05, 4.69) is 0 Å². The van der Waals surface area contributed by atoms with Gasteiger partial charge in [0.1, 0.15) is 6.10 Å². The second kappa shape index (κ2) is 6.18. The summed E-state index contributed by atoms with van der Waals surface area (Å²) in [6.45, 7) is 1.65. The van der Waals surface area contributed by atoms with Crippen molar-refractivity contribution < 1.29 is 9.53 Å². The van der Waals surface area contributed by atoms with Crippen molar-refractivity contribution in [2.45, 2.75) is 18.9 Å². The van der Waals surface area contributed by atoms with Gasteiger partial charge in [0.2, 0.25) is 0 Å². The zero-order valence-corrected chi connectivity index (χ0v) is 10.9. The third kappa shape index (κ3) is 2.83. The number of nitrogens with zero attached hydrogens (tertiary/aromatic N) is 1. The Morgan fingerprint density at radius 3 is 2.94 bits per heavy atom. The zero-order chi connectivity index (χ0) is 13.0. The summed E-state index contributed by atoms with van der Waals surface area (Å²) in [5, 5.41) is 0.588. The number of halogens is 1. The van der Waals surface area contributed by atoms with E-state index in [0.29, 0.717) is 31.1 Å². The van der Waals surface area contributed by atoms with Crippen molar-refractivity contribution in [2.24, 2.45) is 5.73 Å². The molecule has 0 aromatic heterocycles. The lowest BCUT2D eigenvalue weighted by atomic mass is 10.1. The summed E-state index contributed by atoms with van der Waals surface area (Å²) in [6.07, 6.45) is 1.06. The molecule has 98 valence electrons. The number of benzene rings is 1. The molecule has 1 aromatic rings. The van der Waals surface area contributed by atoms with Gasteiger partial charge < -0.3 is 15.4 Å². The van der Waals surface area contributed by atoms with Gasteiger partial charge in [-0.25, -0.2) is 0 Å². The van der Waals surface area contributed by atoms with Crippen LogP contribution in [0.25, 0.3) is 0 Å². The molecule has 18 heavy (non-hydrogen) atoms. The number of carbonyl (C=O) groups is 1. The maximum atomic E-state index is 12.3. The van der Waals surface area contributed by atoms with Crippen LogP contribution >= 0.6 is 11.6 Å². The minimum atomic E-state index is -0.390. The summed E-state index contributed by atoms with van der Waals surface area (Å²) in [5.74, 6) is -0.0252. The lowest BCUT2D eigenvalue weighted by molar-refractivity contribution is -0.134. The summed E-state index contributed by atoms with van der Waals surface area (Å²) in [4.78, 5) is 14.0. The summed E-state index contributed by atoms with van der Waals surface area (Å²) in [5.41, 5.74) is 6.21. The van der Waals surface area contributed by atoms with Crippen molar-refractivity contribution in [3.63, 3.8) is 0 Å². The standard InChI is InChI=1S/C13H17ClN2O2/c14-10-4-1-2-5-11(10)16-8-9-18-12(13(16)17)6-3-7-15/h1-2,4-5,12H,3,6-9,15H2. The van der Waals surface area contributed by atoms with Crippen LogP contribution in [0.3, 0.4) is 0 Å². The fourth-order valence-corrected chi connectivity index (χ4v) is 2.30. The Hall–Kier alpha value is -1.10. The highest BCUT2D eigenvalue weighted by molar-refractivity contribution is 6.33. The second-order valence-electron chi connectivity index (χ2n) is 4.23. The smallest absolute Gasteiger partial charge is 0.256 e. The van der Waals surface area contributed by atoms with Crippen LogP contribution in [0.15, 0.2) is 24.3 Å². The van der Waals surface area contributed by atoms with Gasteiger partial charge in [0.15, 0.2) is 0 Å². The van der Waals surface area contributed by atoms with E-state index >= 15 is 0 Å². The Morgan fingerprint density at radius 2 is 2.22 bits per heavy atom. The number of amides is 1. The van der Waals surface area contributed by atoms with Gasteiger partial charge >= 0.3 is 0 Å². The maximum absolute atomic E-state index is 12.3. The van der Waals surface area contributed by atoms with Crippen molar-refractivity contribution in [1.29, 1.82) is 0 Å². The molecule has 0 saturated carbocycles. The van der Waals surface area contributed by atoms with Crippen LogP contribution in [0.2, 0.25) is 5.02 Å². The Morgan fingerprint density at radius 1 is 1.44 bits per heavy atom. The Labute approximate surface area is 112 Å². The monoisotopic (exact) mass is 268 g/mol. The molecule has 1 unspecified atom stereocenters. The molecule has 1 heterocycles. The average Bonchev–Trinajstić information content (AvgIpc) is 2.39. The number of para-hydroxylation sites is 1. The molecule has 0 radical (unpaired) electrons. The number of morpholine rings is 1. The topological polar surface area (TPSA) is 55.6 Å². The van der Waals surface area contributed by atoms with Gasteiger partial charge in [-0.1, -0.05) is 23.7 Å². The molecule has 4 nitrogen and oxygen atoms in total. The van der Waals surface area contributed by atoms with Gasteiger partial charge in [0, 0.05) is 6.54 Å². The minimum absolute atomic E-state index is 0.0252. The number of rotatable bonds is 4. The van der Waals surface area contributed by atoms with Crippen LogP contribution in [0.4, 0.5) is 5.69 Å². The summed E-state index contributed by atoms with van der Waals surface area (Å²) >= 11 is 6.12. The van der Waals surface area contributed by atoms with Crippen molar-refractivity contribution >= 4 is 23.2 Å². The Balaban J connectivity index is 2.14. The first-order valence-corrected chi connectivity index (χ1v) is 6.49. The van der Waals surface area contributed by atoms with Gasteiger partial charge in [-0.05, 0) is 31.5 Å². The first-order valence-electron chi connectivity index (χ1n) is 6.11. The Bertz CT molecular complexity index is 425. The normalized spacial score (nSPS) is 20.2. The number of ether oxygens (including phenoxy) is 1. The quantitative estimate of drug-likeness (QED) is 0.906. The molecule has 1 amide bonds. The van der Waals surface area contributed by atoms with Crippen LogP contribution < -0.4 is 10.6 Å². The van der Waals surface area contributed by atoms with Crippen molar-refractivity contribution in [2.75, 3.05) is 24.6 Å². The average molecular weight is 269 g/mol. The van der Waals surface area contributed by atoms with Crippen LogP contribution in [-0.2, 0) is 9.53 Å². The molecule has 2 rings (SSSR count). The van der Waals surface area contributed by atoms with Crippen LogP contribution in [0.5, 0.6) is 0 Å². The van der Waals surface area contributed by atoms with Gasteiger partial charge in [-0.15, -0.1) is 0 Å². The van der Waals surface area contributed by atoms with Crippen molar-refractivity contribution in [1.82, 2.24) is 0 Å². The molecule has 2 N–H and O–H groups in total. The predicted octanol–water partition coefficient (Wildman–Crippen LogP) is 1.81. The van der Waals surface area contributed by atoms with E-state index in [0.717, 1.165) is 12.1 Å². The Kier molecular flexibility index (Phi) is 4.58. The minimum Gasteiger partial charge on any atom is -0.367 e. The highest BCUT2D eigenvalue weighted by Gasteiger charge is 2.30. The number of carbonyl (C=O) groups excluding carboxylic acids is 1. The molecule has 1 atom stereocenters. The SMILES string of the molecule is NCCCC1OCCN(c2ccccc2Cl)C1=O. The third-order valence-corrected chi connectivity index (χ3v) is 3.31. The van der Waals surface area contributed by atoms with Gasteiger partial charge in [0.05, 0.1) is 17.3 Å². The van der Waals surface area contributed by atoms with Gasteiger partial charge in [-0.3, -0.25) is 4.79 Å². The maximum Gasteiger partial charge on any atom is 0.256 e. The van der Waals surface area contributed by atoms with E-state index in [-0.39, 0.29) is 5.91 Å². The molecule has 1 aliphatic rings. The summed E-state index contributed by atoms with van der Waals surface area (Å²) < 4.78 is 5.49. The van der Waals surface area contributed by atoms with Crippen LogP contribution in [0, 0.1) is 0 Å². The number of hydrogen-bond acceptors (Lipinski definition) is 3. The lowest BCUT2D eigenvalue weighted by Crippen LogP contribution is -2.48. The van der Waals surface area contributed by atoms with Crippen LogP contribution in [0.1, 0.15) is 12.8 Å². The first kappa shape index (κ1) is 13.3. The molecule has 1 fully saturated rings. The molecular formula is C13H17ClN2O2. The molecule has 5 heteroatoms. The van der Waals surface area contributed by atoms with E-state index in [1.165, 1.54) is 0 Å².